The van der Waals surface area contributed by atoms with Crippen molar-refractivity contribution in [3.05, 3.63) is 60.6 Å². The smallest absolute Gasteiger partial charge is 0.271 e. The van der Waals surface area contributed by atoms with E-state index >= 15 is 0 Å². The van der Waals surface area contributed by atoms with Gasteiger partial charge in [0.05, 0.1) is 0 Å². The number of carbonyl (C=O) groups is 1. The monoisotopic (exact) mass is 300 g/mol. The summed E-state index contributed by atoms with van der Waals surface area (Å²) in [5.41, 5.74) is 1.37. The minimum Gasteiger partial charge on any atom is -0.490 e. The van der Waals surface area contributed by atoms with Gasteiger partial charge in [0, 0.05) is 17.5 Å². The standard InChI is InChI=1S/C16H16N2O2S/c1-3-9-17-15(19)14-11-21-16(18-14)12-5-7-13(8-6-12)20-10-4-2/h3-8,11H,1-2,9-10H2,(H,17,19). The first-order valence-corrected chi connectivity index (χ1v) is 7.31. The van der Waals surface area contributed by atoms with Crippen LogP contribution in [0.25, 0.3) is 10.6 Å². The van der Waals surface area contributed by atoms with Crippen molar-refractivity contribution in [2.45, 2.75) is 0 Å². The normalized spacial score (nSPS) is 9.90. The maximum absolute atomic E-state index is 11.8. The lowest BCUT2D eigenvalue weighted by Gasteiger charge is -2.03. The molecule has 0 fully saturated rings. The average molecular weight is 300 g/mol. The van der Waals surface area contributed by atoms with Gasteiger partial charge in [-0.2, -0.15) is 0 Å². The van der Waals surface area contributed by atoms with Gasteiger partial charge in [0.1, 0.15) is 23.1 Å². The zero-order chi connectivity index (χ0) is 15.1. The molecule has 0 spiro atoms. The predicted molar refractivity (Wildman–Crippen MR) is 85.8 cm³/mol. The third-order valence-corrected chi connectivity index (χ3v) is 3.50. The van der Waals surface area contributed by atoms with Crippen molar-refractivity contribution in [2.24, 2.45) is 0 Å². The second-order valence-electron chi connectivity index (χ2n) is 4.16. The molecule has 0 saturated heterocycles. The van der Waals surface area contributed by atoms with E-state index in [0.717, 1.165) is 16.3 Å². The number of aromatic nitrogens is 1. The van der Waals surface area contributed by atoms with Gasteiger partial charge in [-0.25, -0.2) is 4.98 Å². The fourth-order valence-corrected chi connectivity index (χ4v) is 2.42. The van der Waals surface area contributed by atoms with Crippen molar-refractivity contribution in [3.63, 3.8) is 0 Å². The molecule has 1 aromatic carbocycles. The van der Waals surface area contributed by atoms with Crippen molar-refractivity contribution in [2.75, 3.05) is 13.2 Å². The number of rotatable bonds is 7. The molecule has 0 saturated carbocycles. The summed E-state index contributed by atoms with van der Waals surface area (Å²) in [5, 5.41) is 5.25. The van der Waals surface area contributed by atoms with Gasteiger partial charge in [-0.05, 0) is 24.3 Å². The van der Waals surface area contributed by atoms with E-state index in [1.165, 1.54) is 11.3 Å². The number of thiazole rings is 1. The third-order valence-electron chi connectivity index (χ3n) is 2.61. The Bertz CT molecular complexity index is 632. The topological polar surface area (TPSA) is 51.2 Å². The van der Waals surface area contributed by atoms with E-state index in [0.29, 0.717) is 18.8 Å². The fourth-order valence-electron chi connectivity index (χ4n) is 1.61. The van der Waals surface area contributed by atoms with E-state index in [4.69, 9.17) is 4.74 Å². The van der Waals surface area contributed by atoms with Gasteiger partial charge in [0.25, 0.3) is 5.91 Å². The van der Waals surface area contributed by atoms with E-state index in [9.17, 15) is 4.79 Å². The molecule has 2 rings (SSSR count). The Kier molecular flexibility index (Phi) is 5.29. The highest BCUT2D eigenvalue weighted by molar-refractivity contribution is 7.13. The molecule has 1 aromatic heterocycles. The first-order chi connectivity index (χ1) is 10.2. The number of hydrogen-bond acceptors (Lipinski definition) is 4. The van der Waals surface area contributed by atoms with Crippen LogP contribution in [0.2, 0.25) is 0 Å². The molecule has 0 aliphatic carbocycles. The summed E-state index contributed by atoms with van der Waals surface area (Å²) in [6.07, 6.45) is 3.33. The van der Waals surface area contributed by atoms with Crippen molar-refractivity contribution >= 4 is 17.2 Å². The lowest BCUT2D eigenvalue weighted by Crippen LogP contribution is -2.23. The van der Waals surface area contributed by atoms with Gasteiger partial charge in [-0.15, -0.1) is 17.9 Å². The molecule has 5 heteroatoms. The molecule has 21 heavy (non-hydrogen) atoms. The molecule has 0 radical (unpaired) electrons. The van der Waals surface area contributed by atoms with Crippen LogP contribution in [-0.2, 0) is 0 Å². The number of hydrogen-bond donors (Lipinski definition) is 1. The van der Waals surface area contributed by atoms with Crippen LogP contribution in [0.4, 0.5) is 0 Å². The zero-order valence-corrected chi connectivity index (χ0v) is 12.4. The predicted octanol–water partition coefficient (Wildman–Crippen LogP) is 3.29. The molecule has 0 bridgehead atoms. The number of ether oxygens (including phenoxy) is 1. The zero-order valence-electron chi connectivity index (χ0n) is 11.5. The quantitative estimate of drug-likeness (QED) is 0.798. The van der Waals surface area contributed by atoms with Gasteiger partial charge < -0.3 is 10.1 Å². The summed E-state index contributed by atoms with van der Waals surface area (Å²) in [6.45, 7) is 8.07. The van der Waals surface area contributed by atoms with Crippen LogP contribution in [0.3, 0.4) is 0 Å². The maximum atomic E-state index is 11.8. The first-order valence-electron chi connectivity index (χ1n) is 6.43. The summed E-state index contributed by atoms with van der Waals surface area (Å²) in [4.78, 5) is 16.1. The minimum atomic E-state index is -0.191. The molecule has 108 valence electrons. The lowest BCUT2D eigenvalue weighted by molar-refractivity contribution is 0.0954. The Morgan fingerprint density at radius 3 is 2.71 bits per heavy atom. The Morgan fingerprint density at radius 2 is 2.05 bits per heavy atom. The molecule has 1 N–H and O–H groups in total. The third kappa shape index (κ3) is 4.03. The number of nitrogens with zero attached hydrogens (tertiary/aromatic N) is 1. The number of benzene rings is 1. The van der Waals surface area contributed by atoms with Crippen molar-refractivity contribution < 1.29 is 9.53 Å². The van der Waals surface area contributed by atoms with Crippen LogP contribution in [-0.4, -0.2) is 24.0 Å². The van der Waals surface area contributed by atoms with Crippen molar-refractivity contribution in [1.29, 1.82) is 0 Å². The van der Waals surface area contributed by atoms with Gasteiger partial charge in [0.2, 0.25) is 0 Å². The van der Waals surface area contributed by atoms with E-state index in [-0.39, 0.29) is 5.91 Å². The maximum Gasteiger partial charge on any atom is 0.271 e. The molecule has 0 unspecified atom stereocenters. The SMILES string of the molecule is C=CCNC(=O)c1csc(-c2ccc(OCC=C)cc2)n1. The molecule has 1 amide bonds. The molecule has 2 aromatic rings. The highest BCUT2D eigenvalue weighted by Gasteiger charge is 2.11. The fraction of sp³-hybridized carbons (Fsp3) is 0.125. The largest absolute Gasteiger partial charge is 0.490 e. The lowest BCUT2D eigenvalue weighted by atomic mass is 10.2. The highest BCUT2D eigenvalue weighted by atomic mass is 32.1. The van der Waals surface area contributed by atoms with Crippen LogP contribution in [0, 0.1) is 0 Å². The van der Waals surface area contributed by atoms with Crippen LogP contribution < -0.4 is 10.1 Å². The summed E-state index contributed by atoms with van der Waals surface area (Å²) >= 11 is 1.43. The van der Waals surface area contributed by atoms with E-state index in [1.807, 2.05) is 24.3 Å². The van der Waals surface area contributed by atoms with Gasteiger partial charge in [-0.1, -0.05) is 18.7 Å². The van der Waals surface area contributed by atoms with Crippen LogP contribution in [0.15, 0.2) is 55.0 Å². The van der Waals surface area contributed by atoms with E-state index < -0.39 is 0 Å². The number of carbonyl (C=O) groups excluding carboxylic acids is 1. The van der Waals surface area contributed by atoms with Crippen LogP contribution >= 0.6 is 11.3 Å². The summed E-state index contributed by atoms with van der Waals surface area (Å²) < 4.78 is 5.43. The van der Waals surface area contributed by atoms with Gasteiger partial charge >= 0.3 is 0 Å². The molecular formula is C16H16N2O2S. The van der Waals surface area contributed by atoms with Crippen molar-refractivity contribution in [1.82, 2.24) is 10.3 Å². The highest BCUT2D eigenvalue weighted by Crippen LogP contribution is 2.25. The van der Waals surface area contributed by atoms with Crippen molar-refractivity contribution in [3.8, 4) is 16.3 Å². The summed E-state index contributed by atoms with van der Waals surface area (Å²) in [5.74, 6) is 0.586. The molecule has 0 atom stereocenters. The second-order valence-corrected chi connectivity index (χ2v) is 5.02. The number of amides is 1. The molecule has 0 aliphatic heterocycles. The van der Waals surface area contributed by atoms with Gasteiger partial charge in [0.15, 0.2) is 0 Å². The van der Waals surface area contributed by atoms with E-state index in [2.05, 4.69) is 23.5 Å². The van der Waals surface area contributed by atoms with Crippen LogP contribution in [0.5, 0.6) is 5.75 Å². The Labute approximate surface area is 127 Å². The Hall–Kier alpha value is -2.40. The summed E-state index contributed by atoms with van der Waals surface area (Å²) in [7, 11) is 0. The minimum absolute atomic E-state index is 0.191. The average Bonchev–Trinajstić information content (AvgIpc) is 3.01. The van der Waals surface area contributed by atoms with Crippen LogP contribution in [0.1, 0.15) is 10.5 Å². The number of nitrogens with one attached hydrogen (secondary N) is 1. The summed E-state index contributed by atoms with van der Waals surface area (Å²) in [6, 6.07) is 7.58. The Morgan fingerprint density at radius 1 is 1.29 bits per heavy atom. The Balaban J connectivity index is 2.08. The first kappa shape index (κ1) is 15.0. The molecule has 1 heterocycles. The molecule has 4 nitrogen and oxygen atoms in total. The molecule has 0 aliphatic rings. The second kappa shape index (κ2) is 7.40. The van der Waals surface area contributed by atoms with Gasteiger partial charge in [-0.3, -0.25) is 4.79 Å². The molecular weight excluding hydrogens is 284 g/mol. The van der Waals surface area contributed by atoms with E-state index in [1.54, 1.807) is 17.5 Å².